The molecular weight excluding hydrogens is 601 g/mol. The Morgan fingerprint density at radius 3 is 1.84 bits per heavy atom. The largest absolute Gasteiger partial charge is 0.309 e. The van der Waals surface area contributed by atoms with E-state index in [-0.39, 0.29) is 0 Å². The second-order valence-electron chi connectivity index (χ2n) is 12.2. The van der Waals surface area contributed by atoms with Gasteiger partial charge in [0.05, 0.1) is 22.1 Å². The van der Waals surface area contributed by atoms with E-state index in [9.17, 15) is 0 Å². The van der Waals surface area contributed by atoms with Gasteiger partial charge in [0.15, 0.2) is 5.82 Å². The molecule has 0 saturated heterocycles. The summed E-state index contributed by atoms with van der Waals surface area (Å²) in [5, 5.41) is 6.97. The molecule has 10 rings (SSSR count). The maximum absolute atomic E-state index is 4.85. The average Bonchev–Trinajstić information content (AvgIpc) is 3.53. The summed E-state index contributed by atoms with van der Waals surface area (Å²) in [6.07, 6.45) is 10.9. The van der Waals surface area contributed by atoms with Crippen LogP contribution in [0.2, 0.25) is 0 Å². The van der Waals surface area contributed by atoms with Gasteiger partial charge in [-0.25, -0.2) is 9.97 Å². The van der Waals surface area contributed by atoms with Crippen molar-refractivity contribution in [1.29, 1.82) is 0 Å². The quantitative estimate of drug-likeness (QED) is 0.182. The van der Waals surface area contributed by atoms with Crippen LogP contribution in [0.5, 0.6) is 0 Å². The summed E-state index contributed by atoms with van der Waals surface area (Å²) < 4.78 is 2.42. The minimum absolute atomic E-state index is 0.682. The summed E-state index contributed by atoms with van der Waals surface area (Å²) in [6, 6.07) is 42.9. The van der Waals surface area contributed by atoms with E-state index in [0.717, 1.165) is 60.8 Å². The number of hydrogen-bond acceptors (Lipinski definition) is 5. The molecule has 0 spiro atoms. The van der Waals surface area contributed by atoms with Gasteiger partial charge in [-0.05, 0) is 58.5 Å². The lowest BCUT2D eigenvalue weighted by molar-refractivity contribution is 1.17. The van der Waals surface area contributed by atoms with Gasteiger partial charge in [-0.3, -0.25) is 15.0 Å². The van der Waals surface area contributed by atoms with Gasteiger partial charge in [0.2, 0.25) is 0 Å². The van der Waals surface area contributed by atoms with E-state index in [0.29, 0.717) is 5.82 Å². The molecule has 0 atom stereocenters. The maximum atomic E-state index is 4.85. The molecule has 6 heteroatoms. The lowest BCUT2D eigenvalue weighted by Gasteiger charge is -2.14. The van der Waals surface area contributed by atoms with Crippen LogP contribution in [0.4, 0.5) is 0 Å². The molecule has 0 saturated carbocycles. The van der Waals surface area contributed by atoms with Gasteiger partial charge in [0.25, 0.3) is 0 Å². The zero-order chi connectivity index (χ0) is 32.3. The Labute approximate surface area is 281 Å². The minimum atomic E-state index is 0.682. The highest BCUT2D eigenvalue weighted by molar-refractivity contribution is 6.32. The first-order chi connectivity index (χ1) is 24.3. The van der Waals surface area contributed by atoms with Gasteiger partial charge < -0.3 is 4.57 Å². The van der Waals surface area contributed by atoms with Gasteiger partial charge in [0.1, 0.15) is 0 Å². The summed E-state index contributed by atoms with van der Waals surface area (Å²) in [6.45, 7) is 0. The van der Waals surface area contributed by atoms with Crippen molar-refractivity contribution in [3.8, 4) is 39.3 Å². The third-order valence-electron chi connectivity index (χ3n) is 9.47. The van der Waals surface area contributed by atoms with E-state index in [4.69, 9.17) is 9.97 Å². The van der Waals surface area contributed by atoms with Crippen LogP contribution in [-0.4, -0.2) is 29.5 Å². The zero-order valence-corrected chi connectivity index (χ0v) is 26.2. The van der Waals surface area contributed by atoms with E-state index in [2.05, 4.69) is 129 Å². The topological polar surface area (TPSA) is 69.4 Å². The van der Waals surface area contributed by atoms with E-state index in [1.807, 2.05) is 24.5 Å². The van der Waals surface area contributed by atoms with Crippen LogP contribution in [0.3, 0.4) is 0 Å². The van der Waals surface area contributed by atoms with Crippen molar-refractivity contribution < 1.29 is 0 Å². The third-order valence-corrected chi connectivity index (χ3v) is 9.47. The molecule has 4 heterocycles. The fraction of sp³-hybridized carbons (Fsp3) is 0. The van der Waals surface area contributed by atoms with Gasteiger partial charge in [-0.1, -0.05) is 84.9 Å². The number of para-hydroxylation sites is 1. The van der Waals surface area contributed by atoms with Crippen molar-refractivity contribution in [2.75, 3.05) is 0 Å². The third kappa shape index (κ3) is 4.31. The van der Waals surface area contributed by atoms with E-state index in [1.54, 1.807) is 24.8 Å². The maximum Gasteiger partial charge on any atom is 0.159 e. The molecule has 0 N–H and O–H groups in total. The molecule has 228 valence electrons. The number of aromatic nitrogens is 6. The molecule has 6 nitrogen and oxygen atoms in total. The van der Waals surface area contributed by atoms with Crippen LogP contribution in [-0.2, 0) is 0 Å². The first-order valence-corrected chi connectivity index (χ1v) is 16.2. The number of nitrogens with zero attached hydrogens (tertiary/aromatic N) is 6. The Bertz CT molecular complexity index is 2840. The molecule has 10 aromatic rings. The van der Waals surface area contributed by atoms with E-state index < -0.39 is 0 Å². The molecule has 6 aromatic carbocycles. The highest BCUT2D eigenvalue weighted by atomic mass is 15.0. The lowest BCUT2D eigenvalue weighted by Crippen LogP contribution is -1.96. The molecule has 0 aliphatic rings. The normalized spacial score (nSPS) is 11.7. The standard InChI is InChI=1S/C43H26N6/c1-2-13-35-34(12-1)39-37(41-40(35)45-21-22-46-41)16-15-36-33-11-3-4-14-38(33)49(42(36)39)32-10-6-9-30(24-32)28-7-5-8-29(23-28)31-25-47-43(48-26-31)27-17-19-44-20-18-27/h1-26H. The van der Waals surface area contributed by atoms with Crippen LogP contribution >= 0.6 is 0 Å². The van der Waals surface area contributed by atoms with Crippen LogP contribution in [0.1, 0.15) is 0 Å². The number of pyridine rings is 1. The highest BCUT2D eigenvalue weighted by Crippen LogP contribution is 2.42. The summed E-state index contributed by atoms with van der Waals surface area (Å²) in [4.78, 5) is 23.0. The van der Waals surface area contributed by atoms with Gasteiger partial charge >= 0.3 is 0 Å². The molecule has 4 aromatic heterocycles. The summed E-state index contributed by atoms with van der Waals surface area (Å²) in [7, 11) is 0. The fourth-order valence-electron chi connectivity index (χ4n) is 7.27. The predicted molar refractivity (Wildman–Crippen MR) is 199 cm³/mol. The minimum Gasteiger partial charge on any atom is -0.309 e. The first kappa shape index (κ1) is 27.3. The van der Waals surface area contributed by atoms with Crippen molar-refractivity contribution in [2.24, 2.45) is 0 Å². The summed E-state index contributed by atoms with van der Waals surface area (Å²) in [5.74, 6) is 0.682. The van der Waals surface area contributed by atoms with Crippen LogP contribution in [0, 0.1) is 0 Å². The summed E-state index contributed by atoms with van der Waals surface area (Å²) in [5.41, 5.74) is 10.5. The molecule has 0 unspecified atom stereocenters. The van der Waals surface area contributed by atoms with E-state index >= 15 is 0 Å². The monoisotopic (exact) mass is 626 g/mol. The molecule has 0 fully saturated rings. The Morgan fingerprint density at radius 2 is 1.04 bits per heavy atom. The zero-order valence-electron chi connectivity index (χ0n) is 26.2. The van der Waals surface area contributed by atoms with Crippen LogP contribution in [0.25, 0.3) is 93.7 Å². The molecule has 0 amide bonds. The highest BCUT2D eigenvalue weighted by Gasteiger charge is 2.19. The number of rotatable bonds is 4. The van der Waals surface area contributed by atoms with Crippen molar-refractivity contribution in [1.82, 2.24) is 29.5 Å². The Balaban J connectivity index is 1.17. The predicted octanol–water partition coefficient (Wildman–Crippen LogP) is 10.2. The first-order valence-electron chi connectivity index (χ1n) is 16.2. The number of fused-ring (bicyclic) bond motifs is 10. The van der Waals surface area contributed by atoms with Crippen molar-refractivity contribution >= 4 is 54.4 Å². The Hall–Kier alpha value is -6.79. The van der Waals surface area contributed by atoms with Crippen LogP contribution in [0.15, 0.2) is 159 Å². The van der Waals surface area contributed by atoms with Crippen LogP contribution < -0.4 is 0 Å². The van der Waals surface area contributed by atoms with Gasteiger partial charge in [-0.2, -0.15) is 0 Å². The van der Waals surface area contributed by atoms with Crippen molar-refractivity contribution in [3.63, 3.8) is 0 Å². The number of hydrogen-bond donors (Lipinski definition) is 0. The average molecular weight is 627 g/mol. The summed E-state index contributed by atoms with van der Waals surface area (Å²) >= 11 is 0. The van der Waals surface area contributed by atoms with Gasteiger partial charge in [0, 0.05) is 80.9 Å². The fourth-order valence-corrected chi connectivity index (χ4v) is 7.27. The second kappa shape index (κ2) is 10.9. The smallest absolute Gasteiger partial charge is 0.159 e. The molecule has 49 heavy (non-hydrogen) atoms. The Kier molecular flexibility index (Phi) is 6.08. The lowest BCUT2D eigenvalue weighted by atomic mass is 9.97. The SMILES string of the molecule is c1cc(-c2cnc(-c3ccncc3)nc2)cc(-c2cccc(-n3c4ccccc4c4ccc5c6nccnc6c6ccccc6c5c43)c2)c1. The molecular formula is C43H26N6. The Morgan fingerprint density at radius 1 is 0.408 bits per heavy atom. The molecule has 0 bridgehead atoms. The molecule has 0 radical (unpaired) electrons. The van der Waals surface area contributed by atoms with Crippen molar-refractivity contribution in [2.45, 2.75) is 0 Å². The van der Waals surface area contributed by atoms with Gasteiger partial charge in [-0.15, -0.1) is 0 Å². The van der Waals surface area contributed by atoms with Crippen molar-refractivity contribution in [3.05, 3.63) is 159 Å². The molecule has 0 aliphatic heterocycles. The molecule has 0 aliphatic carbocycles. The number of benzene rings is 6. The second-order valence-corrected chi connectivity index (χ2v) is 12.2. The van der Waals surface area contributed by atoms with E-state index in [1.165, 1.54) is 27.1 Å².